The van der Waals surface area contributed by atoms with Gasteiger partial charge >= 0.3 is 0 Å². The van der Waals surface area contributed by atoms with Crippen molar-refractivity contribution in [2.75, 3.05) is 18.0 Å². The molecule has 2 aromatic rings. The van der Waals surface area contributed by atoms with Crippen LogP contribution in [0.5, 0.6) is 0 Å². The summed E-state index contributed by atoms with van der Waals surface area (Å²) in [4.78, 5) is 40.6. The van der Waals surface area contributed by atoms with E-state index in [-0.39, 0.29) is 12.5 Å². The fourth-order valence-electron chi connectivity index (χ4n) is 3.53. The number of amides is 3. The number of fused-ring (bicyclic) bond motifs is 2. The van der Waals surface area contributed by atoms with Crippen LogP contribution in [0, 0.1) is 6.92 Å². The molecule has 0 fully saturated rings. The maximum absolute atomic E-state index is 12.8. The molecule has 0 atom stereocenters. The average molecular weight is 399 g/mol. The fraction of sp³-hybridized carbons (Fsp3) is 0.211. The third-order valence-corrected chi connectivity index (χ3v) is 5.22. The Morgan fingerprint density at radius 3 is 2.68 bits per heavy atom. The van der Waals surface area contributed by atoms with Crippen molar-refractivity contribution in [1.29, 1.82) is 0 Å². The minimum absolute atomic E-state index is 0.235. The molecule has 0 radical (unpaired) electrons. The first kappa shape index (κ1) is 16.0. The highest BCUT2D eigenvalue weighted by atomic mass is 79.9. The molecule has 0 saturated heterocycles. The molecule has 4 rings (SSSR count). The van der Waals surface area contributed by atoms with E-state index in [1.807, 2.05) is 25.1 Å². The van der Waals surface area contributed by atoms with E-state index in [1.165, 1.54) is 0 Å². The number of aryl methyl sites for hydroxylation is 1. The number of carbonyl (C=O) groups is 3. The van der Waals surface area contributed by atoms with Gasteiger partial charge in [-0.1, -0.05) is 34.1 Å². The van der Waals surface area contributed by atoms with E-state index in [0.29, 0.717) is 17.7 Å². The Hall–Kier alpha value is -2.47. The van der Waals surface area contributed by atoms with Gasteiger partial charge in [-0.3, -0.25) is 19.3 Å². The van der Waals surface area contributed by atoms with Gasteiger partial charge in [0.2, 0.25) is 5.91 Å². The lowest BCUT2D eigenvalue weighted by Crippen LogP contribution is -2.42. The zero-order valence-electron chi connectivity index (χ0n) is 13.6. The number of para-hydroxylation sites is 1. The highest BCUT2D eigenvalue weighted by Gasteiger charge is 2.38. The fourth-order valence-corrected chi connectivity index (χ4v) is 3.89. The van der Waals surface area contributed by atoms with Crippen LogP contribution in [0.25, 0.3) is 0 Å². The average Bonchev–Trinajstić information content (AvgIpc) is 3.12. The zero-order valence-corrected chi connectivity index (χ0v) is 15.2. The number of rotatable bonds is 2. The SMILES string of the molecule is Cc1cccc2c1N(C(=O)CN1C(=O)c3ccc(Br)cc3C1=O)CC2. The van der Waals surface area contributed by atoms with E-state index in [4.69, 9.17) is 0 Å². The summed E-state index contributed by atoms with van der Waals surface area (Å²) < 4.78 is 0.727. The van der Waals surface area contributed by atoms with Crippen molar-refractivity contribution in [3.8, 4) is 0 Å². The van der Waals surface area contributed by atoms with Crippen molar-refractivity contribution in [2.45, 2.75) is 13.3 Å². The maximum Gasteiger partial charge on any atom is 0.262 e. The smallest absolute Gasteiger partial charge is 0.262 e. The Kier molecular flexibility index (Phi) is 3.72. The first-order valence-electron chi connectivity index (χ1n) is 8.02. The predicted octanol–water partition coefficient (Wildman–Crippen LogP) is 2.94. The van der Waals surface area contributed by atoms with Gasteiger partial charge in [0, 0.05) is 16.7 Å². The van der Waals surface area contributed by atoms with E-state index >= 15 is 0 Å². The summed E-state index contributed by atoms with van der Waals surface area (Å²) in [5.74, 6) is -1.06. The Morgan fingerprint density at radius 1 is 1.12 bits per heavy atom. The molecule has 5 nitrogen and oxygen atoms in total. The summed E-state index contributed by atoms with van der Waals surface area (Å²) in [6, 6.07) is 10.9. The summed E-state index contributed by atoms with van der Waals surface area (Å²) in [6.07, 6.45) is 0.790. The molecule has 0 bridgehead atoms. The van der Waals surface area contributed by atoms with E-state index < -0.39 is 11.8 Å². The lowest BCUT2D eigenvalue weighted by molar-refractivity contribution is -0.118. The normalized spacial score (nSPS) is 15.6. The topological polar surface area (TPSA) is 57.7 Å². The first-order chi connectivity index (χ1) is 12.0. The zero-order chi connectivity index (χ0) is 17.7. The van der Waals surface area contributed by atoms with Crippen LogP contribution >= 0.6 is 15.9 Å². The van der Waals surface area contributed by atoms with E-state index in [2.05, 4.69) is 15.9 Å². The number of hydrogen-bond acceptors (Lipinski definition) is 3. The summed E-state index contributed by atoms with van der Waals surface area (Å²) in [6.45, 7) is 2.30. The van der Waals surface area contributed by atoms with Crippen LogP contribution < -0.4 is 4.90 Å². The maximum atomic E-state index is 12.8. The molecule has 25 heavy (non-hydrogen) atoms. The minimum Gasteiger partial charge on any atom is -0.310 e. The number of halogens is 1. The van der Waals surface area contributed by atoms with Gasteiger partial charge in [0.05, 0.1) is 11.1 Å². The second-order valence-electron chi connectivity index (χ2n) is 6.26. The third-order valence-electron chi connectivity index (χ3n) is 4.72. The Morgan fingerprint density at radius 2 is 1.88 bits per heavy atom. The molecule has 0 aromatic heterocycles. The van der Waals surface area contributed by atoms with Crippen LogP contribution in [0.15, 0.2) is 40.9 Å². The highest BCUT2D eigenvalue weighted by Crippen LogP contribution is 2.32. The third kappa shape index (κ3) is 2.48. The van der Waals surface area contributed by atoms with Crippen LogP contribution in [-0.2, 0) is 11.2 Å². The van der Waals surface area contributed by atoms with Crippen molar-refractivity contribution in [1.82, 2.24) is 4.90 Å². The van der Waals surface area contributed by atoms with Gasteiger partial charge in [0.1, 0.15) is 6.54 Å². The molecule has 0 saturated carbocycles. The minimum atomic E-state index is -0.418. The lowest BCUT2D eigenvalue weighted by Gasteiger charge is -2.22. The van der Waals surface area contributed by atoms with Gasteiger partial charge in [-0.15, -0.1) is 0 Å². The first-order valence-corrected chi connectivity index (χ1v) is 8.81. The molecule has 2 aliphatic heterocycles. The summed E-state index contributed by atoms with van der Waals surface area (Å²) in [5.41, 5.74) is 3.74. The molecule has 6 heteroatoms. The Labute approximate surface area is 153 Å². The molecule has 2 heterocycles. The summed E-state index contributed by atoms with van der Waals surface area (Å²) in [5, 5.41) is 0. The van der Waals surface area contributed by atoms with Gasteiger partial charge in [-0.25, -0.2) is 0 Å². The van der Waals surface area contributed by atoms with E-state index in [1.54, 1.807) is 23.1 Å². The van der Waals surface area contributed by atoms with Crippen LogP contribution in [-0.4, -0.2) is 35.7 Å². The number of hydrogen-bond donors (Lipinski definition) is 0. The number of carbonyl (C=O) groups excluding carboxylic acids is 3. The molecule has 0 unspecified atom stereocenters. The van der Waals surface area contributed by atoms with E-state index in [0.717, 1.165) is 32.6 Å². The molecule has 3 amide bonds. The van der Waals surface area contributed by atoms with Gasteiger partial charge in [-0.05, 0) is 42.7 Å². The second kappa shape index (κ2) is 5.81. The standard InChI is InChI=1S/C19H15BrN2O3/c1-11-3-2-4-12-7-8-21(17(11)12)16(23)10-22-18(24)14-6-5-13(20)9-15(14)19(22)25/h2-6,9H,7-8,10H2,1H3. The van der Waals surface area contributed by atoms with Crippen molar-refractivity contribution in [2.24, 2.45) is 0 Å². The van der Waals surface area contributed by atoms with Crippen molar-refractivity contribution < 1.29 is 14.4 Å². The van der Waals surface area contributed by atoms with Crippen molar-refractivity contribution in [3.05, 3.63) is 63.1 Å². The molecular weight excluding hydrogens is 384 g/mol. The molecule has 126 valence electrons. The highest BCUT2D eigenvalue weighted by molar-refractivity contribution is 9.10. The van der Waals surface area contributed by atoms with Gasteiger partial charge in [-0.2, -0.15) is 0 Å². The Balaban J connectivity index is 1.60. The number of nitrogens with zero attached hydrogens (tertiary/aromatic N) is 2. The lowest BCUT2D eigenvalue weighted by atomic mass is 10.1. The van der Waals surface area contributed by atoms with Gasteiger partial charge in [0.15, 0.2) is 0 Å². The van der Waals surface area contributed by atoms with Crippen LogP contribution in [0.1, 0.15) is 31.8 Å². The predicted molar refractivity (Wildman–Crippen MR) is 96.7 cm³/mol. The largest absolute Gasteiger partial charge is 0.310 e. The quantitative estimate of drug-likeness (QED) is 0.730. The monoisotopic (exact) mass is 398 g/mol. The second-order valence-corrected chi connectivity index (χ2v) is 7.18. The molecule has 2 aromatic carbocycles. The Bertz CT molecular complexity index is 938. The van der Waals surface area contributed by atoms with Gasteiger partial charge in [0.25, 0.3) is 11.8 Å². The van der Waals surface area contributed by atoms with E-state index in [9.17, 15) is 14.4 Å². The van der Waals surface area contributed by atoms with Gasteiger partial charge < -0.3 is 4.90 Å². The van der Waals surface area contributed by atoms with Crippen molar-refractivity contribution in [3.63, 3.8) is 0 Å². The molecule has 0 aliphatic carbocycles. The van der Waals surface area contributed by atoms with Crippen molar-refractivity contribution >= 4 is 39.3 Å². The van der Waals surface area contributed by atoms with Crippen LogP contribution in [0.3, 0.4) is 0 Å². The number of anilines is 1. The molecule has 0 N–H and O–H groups in total. The number of benzene rings is 2. The molecule has 0 spiro atoms. The summed E-state index contributed by atoms with van der Waals surface area (Å²) in [7, 11) is 0. The molecular formula is C19H15BrN2O3. The summed E-state index contributed by atoms with van der Waals surface area (Å²) >= 11 is 3.31. The van der Waals surface area contributed by atoms with Crippen LogP contribution in [0.2, 0.25) is 0 Å². The molecule has 2 aliphatic rings. The number of imide groups is 1. The van der Waals surface area contributed by atoms with Crippen LogP contribution in [0.4, 0.5) is 5.69 Å².